The van der Waals surface area contributed by atoms with Crippen molar-refractivity contribution in [2.24, 2.45) is 11.8 Å². The number of aromatic nitrogens is 2. The largest absolute Gasteiger partial charge is 0.354 e. The van der Waals surface area contributed by atoms with Gasteiger partial charge < -0.3 is 9.42 Å². The molecule has 5 nitrogen and oxygen atoms in total. The molecule has 0 saturated carbocycles. The summed E-state index contributed by atoms with van der Waals surface area (Å²) in [5.74, 6) is 1.61. The molecule has 0 aliphatic carbocycles. The first kappa shape index (κ1) is 14.8. The Morgan fingerprint density at radius 1 is 1.41 bits per heavy atom. The van der Waals surface area contributed by atoms with Crippen LogP contribution in [0.15, 0.2) is 35.1 Å². The zero-order valence-corrected chi connectivity index (χ0v) is 13.0. The third-order valence-electron chi connectivity index (χ3n) is 4.39. The van der Waals surface area contributed by atoms with Crippen LogP contribution in [0.3, 0.4) is 0 Å². The van der Waals surface area contributed by atoms with Crippen LogP contribution >= 0.6 is 0 Å². The van der Waals surface area contributed by atoms with Gasteiger partial charge in [-0.05, 0) is 36.8 Å². The third kappa shape index (κ3) is 2.89. The van der Waals surface area contributed by atoms with E-state index in [0.717, 1.165) is 19.5 Å². The van der Waals surface area contributed by atoms with Gasteiger partial charge in [0.1, 0.15) is 11.3 Å². The molecule has 1 aliphatic rings. The zero-order valence-electron chi connectivity index (χ0n) is 13.0. The summed E-state index contributed by atoms with van der Waals surface area (Å²) in [5.41, 5.74) is 1.14. The van der Waals surface area contributed by atoms with Crippen molar-refractivity contribution in [3.63, 3.8) is 0 Å². The maximum Gasteiger partial charge on any atom is 0.259 e. The number of amides is 1. The number of likely N-dealkylation sites (tertiary alicyclic amines) is 1. The SMILES string of the molecule is CC(C)[C@@H]1CCCN(C(=O)c2cnoc2-c2ccccn2)C1. The molecule has 0 N–H and O–H groups in total. The van der Waals surface area contributed by atoms with E-state index >= 15 is 0 Å². The Balaban J connectivity index is 1.83. The lowest BCUT2D eigenvalue weighted by Gasteiger charge is -2.34. The van der Waals surface area contributed by atoms with E-state index < -0.39 is 0 Å². The molecule has 3 rings (SSSR count). The van der Waals surface area contributed by atoms with Gasteiger partial charge in [0, 0.05) is 19.3 Å². The highest BCUT2D eigenvalue weighted by Crippen LogP contribution is 2.27. The number of hydrogen-bond acceptors (Lipinski definition) is 4. The summed E-state index contributed by atoms with van der Waals surface area (Å²) in [4.78, 5) is 19.0. The molecule has 3 heterocycles. The van der Waals surface area contributed by atoms with Gasteiger partial charge in [0.15, 0.2) is 5.76 Å². The molecule has 5 heteroatoms. The predicted octanol–water partition coefficient (Wildman–Crippen LogP) is 3.24. The number of carbonyl (C=O) groups excluding carboxylic acids is 1. The first-order chi connectivity index (χ1) is 10.7. The zero-order chi connectivity index (χ0) is 15.5. The van der Waals surface area contributed by atoms with Gasteiger partial charge in [0.25, 0.3) is 5.91 Å². The van der Waals surface area contributed by atoms with Gasteiger partial charge >= 0.3 is 0 Å². The molecule has 0 bridgehead atoms. The molecular formula is C17H21N3O2. The average Bonchev–Trinajstić information content (AvgIpc) is 3.04. The van der Waals surface area contributed by atoms with E-state index in [1.807, 2.05) is 23.1 Å². The van der Waals surface area contributed by atoms with Crippen molar-refractivity contribution < 1.29 is 9.32 Å². The van der Waals surface area contributed by atoms with Crippen LogP contribution in [0.1, 0.15) is 37.0 Å². The van der Waals surface area contributed by atoms with E-state index in [2.05, 4.69) is 24.0 Å². The minimum atomic E-state index is -0.00717. The van der Waals surface area contributed by atoms with Crippen LogP contribution in [0.25, 0.3) is 11.5 Å². The van der Waals surface area contributed by atoms with Crippen molar-refractivity contribution in [2.45, 2.75) is 26.7 Å². The Morgan fingerprint density at radius 2 is 2.27 bits per heavy atom. The molecular weight excluding hydrogens is 278 g/mol. The van der Waals surface area contributed by atoms with Gasteiger partial charge in [0.2, 0.25) is 0 Å². The van der Waals surface area contributed by atoms with Crippen LogP contribution in [0.4, 0.5) is 0 Å². The Labute approximate surface area is 130 Å². The normalized spacial score (nSPS) is 18.7. The van der Waals surface area contributed by atoms with Gasteiger partial charge in [-0.25, -0.2) is 0 Å². The van der Waals surface area contributed by atoms with E-state index in [0.29, 0.717) is 28.9 Å². The molecule has 1 atom stereocenters. The maximum atomic E-state index is 12.8. The molecule has 2 aromatic rings. The van der Waals surface area contributed by atoms with E-state index in [1.54, 1.807) is 6.20 Å². The van der Waals surface area contributed by atoms with Gasteiger partial charge in [-0.1, -0.05) is 25.1 Å². The fraction of sp³-hybridized carbons (Fsp3) is 0.471. The van der Waals surface area contributed by atoms with Crippen molar-refractivity contribution in [3.05, 3.63) is 36.2 Å². The fourth-order valence-electron chi connectivity index (χ4n) is 2.98. The molecule has 0 spiro atoms. The fourth-order valence-corrected chi connectivity index (χ4v) is 2.98. The van der Waals surface area contributed by atoms with E-state index in [9.17, 15) is 4.79 Å². The number of hydrogen-bond donors (Lipinski definition) is 0. The molecule has 0 aromatic carbocycles. The highest BCUT2D eigenvalue weighted by atomic mass is 16.5. The Morgan fingerprint density at radius 3 is 3.00 bits per heavy atom. The highest BCUT2D eigenvalue weighted by molar-refractivity contribution is 5.98. The quantitative estimate of drug-likeness (QED) is 0.873. The van der Waals surface area contributed by atoms with Crippen molar-refractivity contribution in [1.82, 2.24) is 15.0 Å². The second kappa shape index (κ2) is 6.30. The molecule has 0 unspecified atom stereocenters. The first-order valence-electron chi connectivity index (χ1n) is 7.82. The lowest BCUT2D eigenvalue weighted by molar-refractivity contribution is 0.0642. The summed E-state index contributed by atoms with van der Waals surface area (Å²) in [6.07, 6.45) is 5.43. The van der Waals surface area contributed by atoms with Crippen molar-refractivity contribution >= 4 is 5.91 Å². The Bertz CT molecular complexity index is 636. The Kier molecular flexibility index (Phi) is 4.22. The Hall–Kier alpha value is -2.17. The second-order valence-corrected chi connectivity index (χ2v) is 6.18. The van der Waals surface area contributed by atoms with Crippen LogP contribution in [0, 0.1) is 11.8 Å². The number of carbonyl (C=O) groups is 1. The van der Waals surface area contributed by atoms with Crippen LogP contribution < -0.4 is 0 Å². The van der Waals surface area contributed by atoms with E-state index in [1.165, 1.54) is 12.6 Å². The topological polar surface area (TPSA) is 59.2 Å². The first-order valence-corrected chi connectivity index (χ1v) is 7.82. The molecule has 1 aliphatic heterocycles. The number of piperidine rings is 1. The van der Waals surface area contributed by atoms with Crippen LogP contribution in [-0.2, 0) is 0 Å². The summed E-state index contributed by atoms with van der Waals surface area (Å²) < 4.78 is 5.28. The summed E-state index contributed by atoms with van der Waals surface area (Å²) in [6, 6.07) is 5.53. The minimum absolute atomic E-state index is 0.00717. The summed E-state index contributed by atoms with van der Waals surface area (Å²) in [7, 11) is 0. The average molecular weight is 299 g/mol. The van der Waals surface area contributed by atoms with Crippen LogP contribution in [0.5, 0.6) is 0 Å². The van der Waals surface area contributed by atoms with Crippen LogP contribution in [-0.4, -0.2) is 34.0 Å². The molecule has 0 radical (unpaired) electrons. The maximum absolute atomic E-state index is 12.8. The van der Waals surface area contributed by atoms with Crippen molar-refractivity contribution in [1.29, 1.82) is 0 Å². The second-order valence-electron chi connectivity index (χ2n) is 6.18. The van der Waals surface area contributed by atoms with Gasteiger partial charge in [-0.2, -0.15) is 0 Å². The molecule has 2 aromatic heterocycles. The number of nitrogens with zero attached hydrogens (tertiary/aromatic N) is 3. The predicted molar refractivity (Wildman–Crippen MR) is 83.2 cm³/mol. The third-order valence-corrected chi connectivity index (χ3v) is 4.39. The van der Waals surface area contributed by atoms with Gasteiger partial charge in [-0.3, -0.25) is 9.78 Å². The molecule has 22 heavy (non-hydrogen) atoms. The molecule has 1 amide bonds. The van der Waals surface area contributed by atoms with E-state index in [-0.39, 0.29) is 5.91 Å². The monoisotopic (exact) mass is 299 g/mol. The van der Waals surface area contributed by atoms with Gasteiger partial charge in [-0.15, -0.1) is 0 Å². The van der Waals surface area contributed by atoms with Gasteiger partial charge in [0.05, 0.1) is 6.20 Å². The summed E-state index contributed by atoms with van der Waals surface area (Å²) >= 11 is 0. The number of pyridine rings is 1. The highest BCUT2D eigenvalue weighted by Gasteiger charge is 2.29. The van der Waals surface area contributed by atoms with Crippen molar-refractivity contribution in [3.8, 4) is 11.5 Å². The lowest BCUT2D eigenvalue weighted by atomic mass is 9.87. The molecule has 116 valence electrons. The number of rotatable bonds is 3. The minimum Gasteiger partial charge on any atom is -0.354 e. The molecule has 1 saturated heterocycles. The summed E-state index contributed by atoms with van der Waals surface area (Å²) in [5, 5.41) is 3.81. The van der Waals surface area contributed by atoms with E-state index in [4.69, 9.17) is 4.52 Å². The summed E-state index contributed by atoms with van der Waals surface area (Å²) in [6.45, 7) is 6.05. The van der Waals surface area contributed by atoms with Crippen LogP contribution in [0.2, 0.25) is 0 Å². The van der Waals surface area contributed by atoms with Crippen molar-refractivity contribution in [2.75, 3.05) is 13.1 Å². The standard InChI is InChI=1S/C17H21N3O2/c1-12(2)13-6-5-9-20(11-13)17(21)14-10-19-22-16(14)15-7-3-4-8-18-15/h3-4,7-8,10,12-13H,5-6,9,11H2,1-2H3/t13-/m1/s1. The smallest absolute Gasteiger partial charge is 0.259 e. The molecule has 1 fully saturated rings. The lowest BCUT2D eigenvalue weighted by Crippen LogP contribution is -2.41.